The molecule has 9 nitrogen and oxygen atoms in total. The molecule has 0 saturated carbocycles. The third kappa shape index (κ3) is 3.26. The first-order valence-electron chi connectivity index (χ1n) is 9.80. The Balaban J connectivity index is 1.59. The van der Waals surface area contributed by atoms with Crippen LogP contribution in [0.25, 0.3) is 0 Å². The number of rotatable bonds is 4. The van der Waals surface area contributed by atoms with Gasteiger partial charge >= 0.3 is 0 Å². The highest BCUT2D eigenvalue weighted by Gasteiger charge is 2.50. The van der Waals surface area contributed by atoms with Crippen LogP contribution in [0.3, 0.4) is 0 Å². The number of piperidine rings is 1. The molecule has 2 saturated heterocycles. The van der Waals surface area contributed by atoms with E-state index >= 15 is 0 Å². The second-order valence-electron chi connectivity index (χ2n) is 7.58. The normalized spacial score (nSPS) is 18.0. The molecule has 4 rings (SSSR count). The zero-order valence-corrected chi connectivity index (χ0v) is 16.3. The number of hydrogen-bond donors (Lipinski definition) is 2. The quantitative estimate of drug-likeness (QED) is 0.452. The van der Waals surface area contributed by atoms with Gasteiger partial charge in [0.1, 0.15) is 11.2 Å². The summed E-state index contributed by atoms with van der Waals surface area (Å²) >= 11 is 0. The minimum Gasteiger partial charge on any atom is -0.366 e. The van der Waals surface area contributed by atoms with Crippen LogP contribution in [0.4, 0.5) is 17.1 Å². The first-order valence-corrected chi connectivity index (χ1v) is 9.80. The Bertz CT molecular complexity index is 986. The fraction of sp³-hybridized carbons (Fsp3) is 0.333. The van der Waals surface area contributed by atoms with Gasteiger partial charge in [0.2, 0.25) is 0 Å². The first-order chi connectivity index (χ1) is 14.5. The number of anilines is 2. The molecule has 2 aliphatic rings. The van der Waals surface area contributed by atoms with Gasteiger partial charge < -0.3 is 9.80 Å². The maximum Gasteiger partial charge on any atom is 0.293 e. The molecule has 0 atom stereocenters. The Morgan fingerprint density at radius 3 is 2.43 bits per heavy atom. The van der Waals surface area contributed by atoms with Gasteiger partial charge in [0, 0.05) is 43.4 Å². The Kier molecular flexibility index (Phi) is 5.13. The monoisotopic (exact) mass is 410 g/mol. The lowest BCUT2D eigenvalue weighted by Gasteiger charge is -2.45. The number of carbonyl (C=O) groups is 2. The van der Waals surface area contributed by atoms with Crippen molar-refractivity contribution >= 4 is 28.8 Å². The maximum absolute atomic E-state index is 12.9. The molecule has 0 aliphatic carbocycles. The average molecular weight is 410 g/mol. The summed E-state index contributed by atoms with van der Waals surface area (Å²) in [6.07, 6.45) is 1.63. The highest BCUT2D eigenvalue weighted by atomic mass is 16.6. The van der Waals surface area contributed by atoms with E-state index < -0.39 is 16.4 Å². The van der Waals surface area contributed by atoms with E-state index in [2.05, 4.69) is 4.90 Å². The molecule has 2 aromatic carbocycles. The second-order valence-corrected chi connectivity index (χ2v) is 7.58. The summed E-state index contributed by atoms with van der Waals surface area (Å²) in [7, 11) is 0. The zero-order valence-electron chi connectivity index (χ0n) is 16.3. The van der Waals surface area contributed by atoms with E-state index in [-0.39, 0.29) is 17.0 Å². The van der Waals surface area contributed by atoms with E-state index in [1.807, 2.05) is 35.2 Å². The van der Waals surface area contributed by atoms with Gasteiger partial charge in [-0.25, -0.2) is 5.48 Å². The third-order valence-corrected chi connectivity index (χ3v) is 6.13. The summed E-state index contributed by atoms with van der Waals surface area (Å²) in [6, 6.07) is 14.0. The van der Waals surface area contributed by atoms with Crippen molar-refractivity contribution in [2.45, 2.75) is 24.8 Å². The first kappa shape index (κ1) is 19.8. The largest absolute Gasteiger partial charge is 0.366 e. The predicted molar refractivity (Wildman–Crippen MR) is 110 cm³/mol. The number of hydrogen-bond acceptors (Lipinski definition) is 7. The van der Waals surface area contributed by atoms with Crippen molar-refractivity contribution in [3.63, 3.8) is 0 Å². The van der Waals surface area contributed by atoms with Crippen LogP contribution in [0.5, 0.6) is 0 Å². The number of Topliss-reactive ketones (excluding diaryl/α,β-unsaturated/α-hetero) is 1. The molecule has 0 bridgehead atoms. The van der Waals surface area contributed by atoms with Gasteiger partial charge in [0.15, 0.2) is 5.78 Å². The summed E-state index contributed by atoms with van der Waals surface area (Å²) in [5, 5.41) is 20.4. The van der Waals surface area contributed by atoms with Gasteiger partial charge in [-0.2, -0.15) is 0 Å². The van der Waals surface area contributed by atoms with Crippen LogP contribution in [0.2, 0.25) is 0 Å². The highest BCUT2D eigenvalue weighted by molar-refractivity contribution is 5.96. The summed E-state index contributed by atoms with van der Waals surface area (Å²) in [5.41, 5.74) is 2.12. The van der Waals surface area contributed by atoms with Crippen molar-refractivity contribution in [2.24, 2.45) is 0 Å². The minimum absolute atomic E-state index is 0.00246. The Morgan fingerprint density at radius 1 is 1.10 bits per heavy atom. The molecule has 156 valence electrons. The van der Waals surface area contributed by atoms with E-state index in [0.29, 0.717) is 44.6 Å². The number of ketones is 1. The number of hydroxylamine groups is 1. The Labute approximate surface area is 173 Å². The van der Waals surface area contributed by atoms with Crippen molar-refractivity contribution < 1.29 is 19.7 Å². The summed E-state index contributed by atoms with van der Waals surface area (Å²) in [6.45, 7) is 1.65. The molecule has 2 aromatic rings. The lowest BCUT2D eigenvalue weighted by atomic mass is 9.83. The zero-order chi connectivity index (χ0) is 21.3. The molecule has 2 fully saturated rings. The minimum atomic E-state index is -0.808. The van der Waals surface area contributed by atoms with E-state index in [9.17, 15) is 19.7 Å². The number of nitro benzene ring substituents is 1. The van der Waals surface area contributed by atoms with Crippen molar-refractivity contribution in [3.05, 3.63) is 64.2 Å². The molecular weight excluding hydrogens is 388 g/mol. The van der Waals surface area contributed by atoms with Gasteiger partial charge in [-0.3, -0.25) is 24.9 Å². The molecule has 1 spiro atoms. The number of amides is 1. The molecule has 0 aromatic heterocycles. The topological polar surface area (TPSA) is 116 Å². The average Bonchev–Trinajstić information content (AvgIpc) is 3.09. The van der Waals surface area contributed by atoms with Gasteiger partial charge in [0.05, 0.1) is 4.92 Å². The molecule has 2 N–H and O–H groups in total. The SMILES string of the molecule is O=C(NO)c1ccc(N2CCC3(CC2)C(=O)CCN3c2ccccc2)c([N+](=O)[O-])c1. The van der Waals surface area contributed by atoms with Gasteiger partial charge in [0.25, 0.3) is 11.6 Å². The van der Waals surface area contributed by atoms with Crippen LogP contribution in [-0.2, 0) is 4.79 Å². The molecule has 2 heterocycles. The van der Waals surface area contributed by atoms with Crippen LogP contribution in [0.1, 0.15) is 29.6 Å². The molecule has 1 amide bonds. The van der Waals surface area contributed by atoms with Gasteiger partial charge in [-0.1, -0.05) is 18.2 Å². The fourth-order valence-electron chi connectivity index (χ4n) is 4.60. The lowest BCUT2D eigenvalue weighted by molar-refractivity contribution is -0.384. The standard InChI is InChI=1S/C21H22N4O5/c26-19-8-11-24(16-4-2-1-3-5-16)21(19)9-12-23(13-10-21)17-7-6-15(20(27)22-28)14-18(17)25(29)30/h1-7,14,28H,8-13H2,(H,22,27). The van der Waals surface area contributed by atoms with E-state index in [1.54, 1.807) is 0 Å². The number of para-hydroxylation sites is 1. The predicted octanol–water partition coefficient (Wildman–Crippen LogP) is 2.53. The Hall–Kier alpha value is -3.46. The molecule has 2 aliphatic heterocycles. The molecule has 0 unspecified atom stereocenters. The molecule has 0 radical (unpaired) electrons. The lowest BCUT2D eigenvalue weighted by Crippen LogP contribution is -2.56. The fourth-order valence-corrected chi connectivity index (χ4v) is 4.60. The third-order valence-electron chi connectivity index (χ3n) is 6.13. The van der Waals surface area contributed by atoms with Gasteiger partial charge in [-0.15, -0.1) is 0 Å². The summed E-state index contributed by atoms with van der Waals surface area (Å²) in [4.78, 5) is 39.6. The summed E-state index contributed by atoms with van der Waals surface area (Å²) < 4.78 is 0. The van der Waals surface area contributed by atoms with E-state index in [4.69, 9.17) is 5.21 Å². The van der Waals surface area contributed by atoms with E-state index in [1.165, 1.54) is 17.6 Å². The van der Waals surface area contributed by atoms with E-state index in [0.717, 1.165) is 11.8 Å². The van der Waals surface area contributed by atoms with Crippen molar-refractivity contribution in [2.75, 3.05) is 29.4 Å². The van der Waals surface area contributed by atoms with Crippen LogP contribution in [-0.4, -0.2) is 47.0 Å². The van der Waals surface area contributed by atoms with Crippen molar-refractivity contribution in [1.29, 1.82) is 0 Å². The summed E-state index contributed by atoms with van der Waals surface area (Å²) in [5.74, 6) is -0.590. The van der Waals surface area contributed by atoms with Gasteiger partial charge in [-0.05, 0) is 37.1 Å². The smallest absolute Gasteiger partial charge is 0.293 e. The number of nitrogens with zero attached hydrogens (tertiary/aromatic N) is 3. The maximum atomic E-state index is 12.9. The van der Waals surface area contributed by atoms with Crippen LogP contribution >= 0.6 is 0 Å². The Morgan fingerprint density at radius 2 is 1.80 bits per heavy atom. The molecule has 9 heteroatoms. The number of nitro groups is 1. The second kappa shape index (κ2) is 7.75. The number of benzene rings is 2. The van der Waals surface area contributed by atoms with Crippen molar-refractivity contribution in [1.82, 2.24) is 5.48 Å². The number of carbonyl (C=O) groups excluding carboxylic acids is 2. The molecular formula is C21H22N4O5. The number of nitrogens with one attached hydrogen (secondary N) is 1. The van der Waals surface area contributed by atoms with Crippen LogP contribution < -0.4 is 15.3 Å². The van der Waals surface area contributed by atoms with Crippen LogP contribution in [0.15, 0.2) is 48.5 Å². The molecule has 30 heavy (non-hydrogen) atoms. The van der Waals surface area contributed by atoms with Crippen LogP contribution in [0, 0.1) is 10.1 Å². The highest BCUT2D eigenvalue weighted by Crippen LogP contribution is 2.41. The van der Waals surface area contributed by atoms with Crippen molar-refractivity contribution in [3.8, 4) is 0 Å².